The number of ether oxygens (including phenoxy) is 3. The second-order valence-corrected chi connectivity index (χ2v) is 16.8. The Bertz CT molecular complexity index is 2340. The van der Waals surface area contributed by atoms with E-state index >= 15 is 0 Å². The molecule has 4 aromatic rings. The Kier molecular flexibility index (Phi) is 10.8. The standard InChI is InChI=1S/C43H52N8O8/c1-24(50(3)38(52)34(48-40(54)55)28-12-18-58-42(22-28)14-15-42)36-44-30-10-8-26(20-32(30)46-36)6-7-27-9-11-31-33(21-27)47-37(45-31)25(2)51(4)39(53)35(49-41(56)57-5)29-13-19-59-43(23-29)16-17-43/h8-11,20-21,24-25,28-29,34-35,48H,12-19,22-23H2,1-5H3,(H,44,46)(H,45,47)(H,49,56)(H,54,55)/t24-,25-,28?,29?,34?,35?/m0/s1. The minimum atomic E-state index is -1.23. The summed E-state index contributed by atoms with van der Waals surface area (Å²) < 4.78 is 16.8. The Morgan fingerprint density at radius 3 is 1.83 bits per heavy atom. The number of imidazole rings is 2. The van der Waals surface area contributed by atoms with E-state index in [4.69, 9.17) is 24.2 Å². The van der Waals surface area contributed by atoms with Crippen molar-refractivity contribution in [3.63, 3.8) is 0 Å². The van der Waals surface area contributed by atoms with Crippen molar-refractivity contribution in [3.8, 4) is 11.8 Å². The van der Waals surface area contributed by atoms with E-state index in [2.05, 4.69) is 32.4 Å². The quantitative estimate of drug-likeness (QED) is 0.133. The summed E-state index contributed by atoms with van der Waals surface area (Å²) >= 11 is 0. The van der Waals surface area contributed by atoms with Crippen LogP contribution in [-0.4, -0.2) is 117 Å². The van der Waals surface area contributed by atoms with Gasteiger partial charge in [-0.3, -0.25) is 9.59 Å². The van der Waals surface area contributed by atoms with Crippen LogP contribution in [0, 0.1) is 23.7 Å². The van der Waals surface area contributed by atoms with Gasteiger partial charge in [-0.25, -0.2) is 19.6 Å². The molecule has 4 amide bonds. The van der Waals surface area contributed by atoms with E-state index in [1.165, 1.54) is 7.11 Å². The lowest BCUT2D eigenvalue weighted by Gasteiger charge is -2.37. The summed E-state index contributed by atoms with van der Waals surface area (Å²) in [4.78, 5) is 71.3. The van der Waals surface area contributed by atoms with Crippen molar-refractivity contribution < 1.29 is 38.5 Å². The van der Waals surface area contributed by atoms with Gasteiger partial charge in [0.15, 0.2) is 0 Å². The van der Waals surface area contributed by atoms with Crippen LogP contribution in [0.4, 0.5) is 9.59 Å². The fourth-order valence-corrected chi connectivity index (χ4v) is 8.70. The highest BCUT2D eigenvalue weighted by atomic mass is 16.5. The molecule has 2 saturated carbocycles. The van der Waals surface area contributed by atoms with Gasteiger partial charge >= 0.3 is 12.2 Å². The maximum absolute atomic E-state index is 13.9. The molecule has 16 nitrogen and oxygen atoms in total. The van der Waals surface area contributed by atoms with E-state index in [1.54, 1.807) is 23.9 Å². The number of alkyl carbamates (subject to hydrolysis) is 1. The molecule has 8 rings (SSSR count). The summed E-state index contributed by atoms with van der Waals surface area (Å²) in [5.41, 5.74) is 4.11. The number of nitrogens with zero attached hydrogens (tertiary/aromatic N) is 4. The molecule has 312 valence electrons. The highest BCUT2D eigenvalue weighted by Gasteiger charge is 2.52. The van der Waals surface area contributed by atoms with E-state index in [0.29, 0.717) is 56.1 Å². The Morgan fingerprint density at radius 2 is 1.29 bits per heavy atom. The van der Waals surface area contributed by atoms with Crippen molar-refractivity contribution in [1.29, 1.82) is 0 Å². The fourth-order valence-electron chi connectivity index (χ4n) is 8.70. The van der Waals surface area contributed by atoms with Crippen LogP contribution >= 0.6 is 0 Å². The number of hydrogen-bond acceptors (Lipinski definition) is 9. The molecular weight excluding hydrogens is 757 g/mol. The normalized spacial score (nSPS) is 22.1. The second kappa shape index (κ2) is 15.8. The summed E-state index contributed by atoms with van der Waals surface area (Å²) in [7, 11) is 4.69. The van der Waals surface area contributed by atoms with Crippen LogP contribution in [0.15, 0.2) is 36.4 Å². The minimum Gasteiger partial charge on any atom is -0.465 e. The fraction of sp³-hybridized carbons (Fsp3) is 0.535. The third-order valence-corrected chi connectivity index (χ3v) is 12.9. The molecule has 0 radical (unpaired) electrons. The first-order valence-corrected chi connectivity index (χ1v) is 20.4. The molecule has 6 atom stereocenters. The SMILES string of the molecule is COC(=O)NC(C(=O)N(C)[C@@H](C)c1nc2ccc(C#Cc3ccc4[nH]c([C@H](C)N(C)C(=O)C(NC(=O)O)C5CCOC6(CC6)C5)nc4c3)cc2[nH]1)C1CCOC2(CC2)C1. The predicted octanol–water partition coefficient (Wildman–Crippen LogP) is 5.16. The number of amides is 4. The summed E-state index contributed by atoms with van der Waals surface area (Å²) in [6.07, 6.45) is 4.61. The zero-order valence-corrected chi connectivity index (χ0v) is 34.1. The number of rotatable bonds is 10. The lowest BCUT2D eigenvalue weighted by Crippen LogP contribution is -2.53. The van der Waals surface area contributed by atoms with E-state index in [1.807, 2.05) is 50.2 Å². The van der Waals surface area contributed by atoms with E-state index in [9.17, 15) is 24.3 Å². The highest BCUT2D eigenvalue weighted by Crippen LogP contribution is 2.50. The molecule has 2 aromatic carbocycles. The largest absolute Gasteiger partial charge is 0.465 e. The van der Waals surface area contributed by atoms with Crippen LogP contribution in [0.2, 0.25) is 0 Å². The molecule has 59 heavy (non-hydrogen) atoms. The van der Waals surface area contributed by atoms with Crippen LogP contribution in [-0.2, 0) is 23.8 Å². The molecule has 2 aliphatic heterocycles. The second-order valence-electron chi connectivity index (χ2n) is 16.8. The lowest BCUT2D eigenvalue weighted by atomic mass is 9.86. The molecule has 4 heterocycles. The van der Waals surface area contributed by atoms with Gasteiger partial charge in [0.05, 0.1) is 52.5 Å². The predicted molar refractivity (Wildman–Crippen MR) is 216 cm³/mol. The topological polar surface area (TPSA) is 204 Å². The Balaban J connectivity index is 0.939. The van der Waals surface area contributed by atoms with Gasteiger partial charge in [0.25, 0.3) is 0 Å². The van der Waals surface area contributed by atoms with Crippen molar-refractivity contribution in [3.05, 3.63) is 59.2 Å². The maximum atomic E-state index is 13.9. The minimum absolute atomic E-state index is 0.0686. The van der Waals surface area contributed by atoms with Gasteiger partial charge in [-0.1, -0.05) is 11.8 Å². The number of carbonyl (C=O) groups is 4. The zero-order valence-electron chi connectivity index (χ0n) is 34.1. The van der Waals surface area contributed by atoms with Crippen LogP contribution in [0.5, 0.6) is 0 Å². The smallest absolute Gasteiger partial charge is 0.407 e. The summed E-state index contributed by atoms with van der Waals surface area (Å²) in [6, 6.07) is 8.89. The summed E-state index contributed by atoms with van der Waals surface area (Å²) in [6.45, 7) is 4.83. The summed E-state index contributed by atoms with van der Waals surface area (Å²) in [5, 5.41) is 14.9. The van der Waals surface area contributed by atoms with Crippen molar-refractivity contribution in [2.75, 3.05) is 34.4 Å². The molecule has 2 spiro atoms. The number of likely N-dealkylation sites (N-methyl/N-ethyl adjacent to an activating group) is 2. The van der Waals surface area contributed by atoms with Gasteiger partial charge in [-0.2, -0.15) is 0 Å². The monoisotopic (exact) mass is 808 g/mol. The number of benzene rings is 2. The molecule has 4 fully saturated rings. The molecular formula is C43H52N8O8. The van der Waals surface area contributed by atoms with Crippen molar-refractivity contribution in [2.24, 2.45) is 11.8 Å². The lowest BCUT2D eigenvalue weighted by molar-refractivity contribution is -0.138. The number of carbonyl (C=O) groups excluding carboxylic acids is 3. The van der Waals surface area contributed by atoms with Gasteiger partial charge in [-0.15, -0.1) is 0 Å². The van der Waals surface area contributed by atoms with E-state index in [-0.39, 0.29) is 34.9 Å². The molecule has 2 aromatic heterocycles. The number of fused-ring (bicyclic) bond motifs is 2. The zero-order chi connectivity index (χ0) is 41.6. The average Bonchev–Trinajstić information content (AvgIpc) is 4.06. The Hall–Kier alpha value is -5.66. The number of H-pyrrole nitrogens is 2. The van der Waals surface area contributed by atoms with E-state index < -0.39 is 36.4 Å². The molecule has 0 bridgehead atoms. The van der Waals surface area contributed by atoms with Crippen molar-refractivity contribution in [1.82, 2.24) is 40.4 Å². The molecule has 2 saturated heterocycles. The number of carboxylic acid groups (broad SMARTS) is 1. The third-order valence-electron chi connectivity index (χ3n) is 12.9. The first kappa shape index (κ1) is 40.1. The Morgan fingerprint density at radius 1 is 0.780 bits per heavy atom. The number of methoxy groups -OCH3 is 1. The van der Waals surface area contributed by atoms with Crippen LogP contribution in [0.25, 0.3) is 22.1 Å². The molecule has 4 aliphatic rings. The van der Waals surface area contributed by atoms with E-state index in [0.717, 1.165) is 53.4 Å². The van der Waals surface area contributed by atoms with Gasteiger partial charge in [0.1, 0.15) is 23.7 Å². The average molecular weight is 809 g/mol. The van der Waals surface area contributed by atoms with Crippen molar-refractivity contribution in [2.45, 2.75) is 101 Å². The number of nitrogens with one attached hydrogen (secondary N) is 4. The number of hydrogen-bond donors (Lipinski definition) is 5. The van der Waals surface area contributed by atoms with Crippen LogP contribution in [0.1, 0.15) is 100 Å². The van der Waals surface area contributed by atoms with Crippen LogP contribution < -0.4 is 10.6 Å². The number of aromatic amines is 2. The van der Waals surface area contributed by atoms with Gasteiger partial charge in [0, 0.05) is 38.4 Å². The van der Waals surface area contributed by atoms with Crippen molar-refractivity contribution >= 4 is 46.1 Å². The van der Waals surface area contributed by atoms with Gasteiger partial charge < -0.3 is 49.7 Å². The molecule has 16 heteroatoms. The Labute approximate surface area is 342 Å². The van der Waals surface area contributed by atoms with Gasteiger partial charge in [-0.05, 0) is 113 Å². The number of aromatic nitrogens is 4. The molecule has 5 N–H and O–H groups in total. The van der Waals surface area contributed by atoms with Crippen LogP contribution in [0.3, 0.4) is 0 Å². The first-order valence-electron chi connectivity index (χ1n) is 20.4. The molecule has 2 aliphatic carbocycles. The molecule has 4 unspecified atom stereocenters. The maximum Gasteiger partial charge on any atom is 0.407 e. The highest BCUT2D eigenvalue weighted by molar-refractivity contribution is 5.87. The van der Waals surface area contributed by atoms with Gasteiger partial charge in [0.2, 0.25) is 11.8 Å². The third kappa shape index (κ3) is 8.44. The summed E-state index contributed by atoms with van der Waals surface area (Å²) in [5.74, 6) is 6.92. The first-order chi connectivity index (χ1) is 28.3.